The number of H-pyrrole nitrogens is 1. The fraction of sp³-hybridized carbons (Fsp3) is 0.160. The standard InChI is InChI=1S/C25H23BrClN3O2/c1-32-22-9-10-24-23(14-22)18(15-28-24)11-12-30(16-17-5-7-20(27)8-6-17)25(31)29-21-4-2-3-19(26)13-21/h2-10,13-15,28H,11-12,16H2,1H3,(H,29,31). The van der Waals surface area contributed by atoms with Gasteiger partial charge in [0.1, 0.15) is 5.75 Å². The molecule has 0 saturated heterocycles. The summed E-state index contributed by atoms with van der Waals surface area (Å²) in [6.45, 7) is 1.02. The van der Waals surface area contributed by atoms with Crippen molar-refractivity contribution >= 4 is 50.2 Å². The molecule has 1 heterocycles. The number of aromatic amines is 1. The van der Waals surface area contributed by atoms with Gasteiger partial charge in [0.15, 0.2) is 0 Å². The molecule has 0 atom stereocenters. The van der Waals surface area contributed by atoms with Crippen LogP contribution in [-0.2, 0) is 13.0 Å². The summed E-state index contributed by atoms with van der Waals surface area (Å²) in [6, 6.07) is 20.9. The van der Waals surface area contributed by atoms with Crippen LogP contribution in [0.25, 0.3) is 10.9 Å². The molecule has 164 valence electrons. The molecule has 0 saturated carbocycles. The van der Waals surface area contributed by atoms with Crippen molar-refractivity contribution in [1.82, 2.24) is 9.88 Å². The molecule has 0 unspecified atom stereocenters. The number of urea groups is 1. The van der Waals surface area contributed by atoms with E-state index >= 15 is 0 Å². The van der Waals surface area contributed by atoms with Gasteiger partial charge in [-0.1, -0.05) is 45.7 Å². The van der Waals surface area contributed by atoms with Gasteiger partial charge in [0.05, 0.1) is 7.11 Å². The van der Waals surface area contributed by atoms with Gasteiger partial charge < -0.3 is 19.9 Å². The summed E-state index contributed by atoms with van der Waals surface area (Å²) in [4.78, 5) is 18.3. The third kappa shape index (κ3) is 5.44. The van der Waals surface area contributed by atoms with Crippen LogP contribution in [0, 0.1) is 0 Å². The molecule has 0 aliphatic rings. The van der Waals surface area contributed by atoms with Gasteiger partial charge in [0.2, 0.25) is 0 Å². The highest BCUT2D eigenvalue weighted by Crippen LogP contribution is 2.24. The highest BCUT2D eigenvalue weighted by molar-refractivity contribution is 9.10. The number of ether oxygens (including phenoxy) is 1. The Labute approximate surface area is 200 Å². The van der Waals surface area contributed by atoms with Gasteiger partial charge in [0, 0.05) is 45.4 Å². The van der Waals surface area contributed by atoms with Crippen molar-refractivity contribution in [2.75, 3.05) is 19.0 Å². The van der Waals surface area contributed by atoms with Crippen LogP contribution in [-0.4, -0.2) is 29.6 Å². The van der Waals surface area contributed by atoms with E-state index in [4.69, 9.17) is 16.3 Å². The number of fused-ring (bicyclic) bond motifs is 1. The zero-order valence-electron chi connectivity index (χ0n) is 17.6. The van der Waals surface area contributed by atoms with Crippen LogP contribution < -0.4 is 10.1 Å². The molecule has 0 radical (unpaired) electrons. The third-order valence-electron chi connectivity index (χ3n) is 5.28. The van der Waals surface area contributed by atoms with Gasteiger partial charge >= 0.3 is 6.03 Å². The molecular weight excluding hydrogens is 490 g/mol. The van der Waals surface area contributed by atoms with Crippen molar-refractivity contribution in [3.63, 3.8) is 0 Å². The van der Waals surface area contributed by atoms with E-state index in [0.717, 1.165) is 37.9 Å². The first kappa shape index (κ1) is 22.2. The topological polar surface area (TPSA) is 57.4 Å². The van der Waals surface area contributed by atoms with Crippen LogP contribution in [0.5, 0.6) is 5.75 Å². The van der Waals surface area contributed by atoms with Crippen LogP contribution in [0.15, 0.2) is 77.4 Å². The average Bonchev–Trinajstić information content (AvgIpc) is 3.20. The molecule has 2 amide bonds. The second-order valence-corrected chi connectivity index (χ2v) is 8.82. The minimum atomic E-state index is -0.157. The van der Waals surface area contributed by atoms with Crippen LogP contribution >= 0.6 is 27.5 Å². The molecule has 5 nitrogen and oxygen atoms in total. The van der Waals surface area contributed by atoms with Crippen molar-refractivity contribution in [1.29, 1.82) is 0 Å². The van der Waals surface area contributed by atoms with E-state index in [1.807, 2.05) is 77.8 Å². The lowest BCUT2D eigenvalue weighted by atomic mass is 10.1. The smallest absolute Gasteiger partial charge is 0.322 e. The molecule has 0 aliphatic heterocycles. The minimum Gasteiger partial charge on any atom is -0.497 e. The van der Waals surface area contributed by atoms with Crippen molar-refractivity contribution in [3.8, 4) is 5.75 Å². The summed E-state index contributed by atoms with van der Waals surface area (Å²) in [5.41, 5.74) is 3.93. The number of anilines is 1. The van der Waals surface area contributed by atoms with E-state index in [-0.39, 0.29) is 6.03 Å². The maximum absolute atomic E-state index is 13.2. The van der Waals surface area contributed by atoms with E-state index in [9.17, 15) is 4.79 Å². The lowest BCUT2D eigenvalue weighted by Gasteiger charge is -2.23. The number of methoxy groups -OCH3 is 1. The van der Waals surface area contributed by atoms with Crippen molar-refractivity contribution in [2.45, 2.75) is 13.0 Å². The number of carbonyl (C=O) groups excluding carboxylic acids is 1. The number of amides is 2. The Balaban J connectivity index is 1.54. The Kier molecular flexibility index (Phi) is 7.02. The molecule has 0 aliphatic carbocycles. The number of hydrogen-bond acceptors (Lipinski definition) is 2. The largest absolute Gasteiger partial charge is 0.497 e. The zero-order valence-corrected chi connectivity index (χ0v) is 19.9. The van der Waals surface area contributed by atoms with Gasteiger partial charge in [-0.05, 0) is 66.1 Å². The summed E-state index contributed by atoms with van der Waals surface area (Å²) in [5.74, 6) is 0.809. The second kappa shape index (κ2) is 10.1. The van der Waals surface area contributed by atoms with Crippen molar-refractivity contribution in [2.24, 2.45) is 0 Å². The molecule has 4 rings (SSSR count). The highest BCUT2D eigenvalue weighted by atomic mass is 79.9. The number of nitrogens with zero attached hydrogens (tertiary/aromatic N) is 1. The maximum Gasteiger partial charge on any atom is 0.322 e. The first-order valence-electron chi connectivity index (χ1n) is 10.2. The minimum absolute atomic E-state index is 0.157. The zero-order chi connectivity index (χ0) is 22.5. The highest BCUT2D eigenvalue weighted by Gasteiger charge is 2.16. The van der Waals surface area contributed by atoms with E-state index in [2.05, 4.69) is 26.2 Å². The second-order valence-electron chi connectivity index (χ2n) is 7.46. The number of rotatable bonds is 7. The molecule has 1 aromatic heterocycles. The van der Waals surface area contributed by atoms with E-state index in [0.29, 0.717) is 24.5 Å². The quantitative estimate of drug-likeness (QED) is 0.284. The maximum atomic E-state index is 13.2. The molecule has 0 bridgehead atoms. The van der Waals surface area contributed by atoms with Gasteiger partial charge in [0.25, 0.3) is 0 Å². The van der Waals surface area contributed by atoms with Crippen molar-refractivity contribution < 1.29 is 9.53 Å². The third-order valence-corrected chi connectivity index (χ3v) is 6.02. The SMILES string of the molecule is COc1ccc2[nH]cc(CCN(Cc3ccc(Cl)cc3)C(=O)Nc3cccc(Br)c3)c2c1. The Morgan fingerprint density at radius 1 is 1.12 bits per heavy atom. The summed E-state index contributed by atoms with van der Waals surface area (Å²) >= 11 is 9.48. The molecule has 3 aromatic carbocycles. The average molecular weight is 513 g/mol. The van der Waals surface area contributed by atoms with Crippen LogP contribution in [0.4, 0.5) is 10.5 Å². The molecule has 0 fully saturated rings. The fourth-order valence-corrected chi connectivity index (χ4v) is 4.10. The van der Waals surface area contributed by atoms with E-state index in [1.165, 1.54) is 0 Å². The molecule has 2 N–H and O–H groups in total. The van der Waals surface area contributed by atoms with E-state index in [1.54, 1.807) is 7.11 Å². The first-order chi connectivity index (χ1) is 15.5. The molecule has 0 spiro atoms. The van der Waals surface area contributed by atoms with Crippen LogP contribution in [0.3, 0.4) is 0 Å². The Hall–Kier alpha value is -2.96. The number of nitrogens with one attached hydrogen (secondary N) is 2. The van der Waals surface area contributed by atoms with Crippen LogP contribution in [0.2, 0.25) is 5.02 Å². The molecule has 7 heteroatoms. The summed E-state index contributed by atoms with van der Waals surface area (Å²) in [7, 11) is 1.66. The Morgan fingerprint density at radius 3 is 2.69 bits per heavy atom. The van der Waals surface area contributed by atoms with Gasteiger partial charge in [-0.15, -0.1) is 0 Å². The fourth-order valence-electron chi connectivity index (χ4n) is 3.58. The first-order valence-corrected chi connectivity index (χ1v) is 11.4. The van der Waals surface area contributed by atoms with Crippen molar-refractivity contribution in [3.05, 3.63) is 93.5 Å². The predicted molar refractivity (Wildman–Crippen MR) is 134 cm³/mol. The Bertz CT molecular complexity index is 1220. The number of benzene rings is 3. The predicted octanol–water partition coefficient (Wildman–Crippen LogP) is 6.87. The number of carbonyl (C=O) groups is 1. The molecule has 32 heavy (non-hydrogen) atoms. The molecular formula is C25H23BrClN3O2. The monoisotopic (exact) mass is 511 g/mol. The lowest BCUT2D eigenvalue weighted by molar-refractivity contribution is 0.210. The molecule has 4 aromatic rings. The summed E-state index contributed by atoms with van der Waals surface area (Å²) in [5, 5.41) is 4.78. The Morgan fingerprint density at radius 2 is 1.94 bits per heavy atom. The normalized spacial score (nSPS) is 10.8. The summed E-state index contributed by atoms with van der Waals surface area (Å²) < 4.78 is 6.28. The van der Waals surface area contributed by atoms with Gasteiger partial charge in [-0.25, -0.2) is 4.79 Å². The lowest BCUT2D eigenvalue weighted by Crippen LogP contribution is -2.36. The van der Waals surface area contributed by atoms with Crippen LogP contribution in [0.1, 0.15) is 11.1 Å². The number of aromatic nitrogens is 1. The number of hydrogen-bond donors (Lipinski definition) is 2. The summed E-state index contributed by atoms with van der Waals surface area (Å²) in [6.07, 6.45) is 2.70. The van der Waals surface area contributed by atoms with Gasteiger partial charge in [-0.3, -0.25) is 0 Å². The van der Waals surface area contributed by atoms with E-state index < -0.39 is 0 Å². The number of halogens is 2. The van der Waals surface area contributed by atoms with Gasteiger partial charge in [-0.2, -0.15) is 0 Å².